The minimum absolute atomic E-state index is 0.949. The Morgan fingerprint density at radius 1 is 1.40 bits per heavy atom. The van der Waals surface area contributed by atoms with Gasteiger partial charge in [0.1, 0.15) is 0 Å². The van der Waals surface area contributed by atoms with Gasteiger partial charge in [-0.15, -0.1) is 0 Å². The lowest BCUT2D eigenvalue weighted by Gasteiger charge is -1.98. The normalized spacial score (nSPS) is 9.90. The Kier molecular flexibility index (Phi) is 3.17. The molecule has 0 saturated heterocycles. The SMILES string of the molecule is Cc1cc(I)cc(CBr)c1. The minimum atomic E-state index is 0.949. The predicted molar refractivity (Wildman–Crippen MR) is 56.5 cm³/mol. The van der Waals surface area contributed by atoms with E-state index in [0.29, 0.717) is 0 Å². The van der Waals surface area contributed by atoms with E-state index < -0.39 is 0 Å². The maximum absolute atomic E-state index is 3.42. The first-order valence-electron chi connectivity index (χ1n) is 3.04. The van der Waals surface area contributed by atoms with Crippen molar-refractivity contribution in [1.82, 2.24) is 0 Å². The Morgan fingerprint density at radius 3 is 2.60 bits per heavy atom. The molecule has 54 valence electrons. The zero-order valence-corrected chi connectivity index (χ0v) is 9.44. The lowest BCUT2D eigenvalue weighted by molar-refractivity contribution is 1.35. The third-order valence-corrected chi connectivity index (χ3v) is 2.53. The number of aryl methyl sites for hydroxylation is 1. The molecule has 0 aliphatic rings. The molecule has 0 amide bonds. The second-order valence-electron chi connectivity index (χ2n) is 2.27. The monoisotopic (exact) mass is 310 g/mol. The van der Waals surface area contributed by atoms with Gasteiger partial charge in [-0.1, -0.05) is 22.0 Å². The van der Waals surface area contributed by atoms with E-state index in [4.69, 9.17) is 0 Å². The van der Waals surface area contributed by atoms with Crippen molar-refractivity contribution < 1.29 is 0 Å². The average molecular weight is 311 g/mol. The van der Waals surface area contributed by atoms with Crippen molar-refractivity contribution in [1.29, 1.82) is 0 Å². The second-order valence-corrected chi connectivity index (χ2v) is 4.08. The van der Waals surface area contributed by atoms with E-state index in [1.165, 1.54) is 14.7 Å². The summed E-state index contributed by atoms with van der Waals surface area (Å²) in [6.07, 6.45) is 0. The first-order valence-corrected chi connectivity index (χ1v) is 5.24. The molecule has 1 rings (SSSR count). The molecule has 0 atom stereocenters. The van der Waals surface area contributed by atoms with Crippen LogP contribution in [0.5, 0.6) is 0 Å². The molecular formula is C8H8BrI. The zero-order valence-electron chi connectivity index (χ0n) is 5.70. The molecule has 0 N–H and O–H groups in total. The van der Waals surface area contributed by atoms with Gasteiger partial charge >= 0.3 is 0 Å². The van der Waals surface area contributed by atoms with E-state index in [1.807, 2.05) is 0 Å². The van der Waals surface area contributed by atoms with Gasteiger partial charge in [0.05, 0.1) is 0 Å². The quantitative estimate of drug-likeness (QED) is 0.550. The van der Waals surface area contributed by atoms with Crippen molar-refractivity contribution >= 4 is 38.5 Å². The molecular weight excluding hydrogens is 303 g/mol. The zero-order chi connectivity index (χ0) is 7.56. The summed E-state index contributed by atoms with van der Waals surface area (Å²) in [5.74, 6) is 0. The molecule has 0 spiro atoms. The summed E-state index contributed by atoms with van der Waals surface area (Å²) >= 11 is 5.76. The Bertz CT molecular complexity index is 212. The molecule has 0 fully saturated rings. The number of hydrogen-bond donors (Lipinski definition) is 0. The Balaban J connectivity index is 3.06. The van der Waals surface area contributed by atoms with Crippen molar-refractivity contribution in [2.45, 2.75) is 12.3 Å². The molecule has 0 aromatic heterocycles. The summed E-state index contributed by atoms with van der Waals surface area (Å²) in [5.41, 5.74) is 2.69. The Labute approximate surface area is 83.3 Å². The van der Waals surface area contributed by atoms with Crippen LogP contribution < -0.4 is 0 Å². The molecule has 2 heteroatoms. The van der Waals surface area contributed by atoms with E-state index in [9.17, 15) is 0 Å². The van der Waals surface area contributed by atoms with Crippen molar-refractivity contribution in [2.75, 3.05) is 0 Å². The third kappa shape index (κ3) is 2.23. The van der Waals surface area contributed by atoms with Crippen molar-refractivity contribution in [2.24, 2.45) is 0 Å². The van der Waals surface area contributed by atoms with Crippen LogP contribution in [0.1, 0.15) is 11.1 Å². The van der Waals surface area contributed by atoms with Gasteiger partial charge in [-0.2, -0.15) is 0 Å². The van der Waals surface area contributed by atoms with Gasteiger partial charge in [-0.05, 0) is 52.8 Å². The summed E-state index contributed by atoms with van der Waals surface area (Å²) < 4.78 is 1.31. The van der Waals surface area contributed by atoms with E-state index in [1.54, 1.807) is 0 Å². The molecule has 0 unspecified atom stereocenters. The molecule has 0 aliphatic carbocycles. The molecule has 0 bridgehead atoms. The van der Waals surface area contributed by atoms with Crippen LogP contribution in [0.25, 0.3) is 0 Å². The lowest BCUT2D eigenvalue weighted by Crippen LogP contribution is -1.81. The molecule has 10 heavy (non-hydrogen) atoms. The van der Waals surface area contributed by atoms with E-state index in [-0.39, 0.29) is 0 Å². The summed E-state index contributed by atoms with van der Waals surface area (Å²) in [5, 5.41) is 0.949. The second kappa shape index (κ2) is 3.72. The molecule has 1 aromatic rings. The maximum atomic E-state index is 3.42. The van der Waals surface area contributed by atoms with Crippen LogP contribution in [-0.4, -0.2) is 0 Å². The standard InChI is InChI=1S/C8H8BrI/c1-6-2-7(5-9)4-8(10)3-6/h2-4H,5H2,1H3. The van der Waals surface area contributed by atoms with Gasteiger partial charge in [0, 0.05) is 8.90 Å². The lowest BCUT2D eigenvalue weighted by atomic mass is 10.2. The highest BCUT2D eigenvalue weighted by Crippen LogP contribution is 2.13. The number of rotatable bonds is 1. The largest absolute Gasteiger partial charge is 0.0876 e. The first kappa shape index (κ1) is 8.53. The van der Waals surface area contributed by atoms with Crippen LogP contribution in [0.4, 0.5) is 0 Å². The fourth-order valence-electron chi connectivity index (χ4n) is 0.889. The van der Waals surface area contributed by atoms with E-state index >= 15 is 0 Å². The van der Waals surface area contributed by atoms with Crippen LogP contribution in [0.3, 0.4) is 0 Å². The van der Waals surface area contributed by atoms with Gasteiger partial charge in [0.2, 0.25) is 0 Å². The summed E-state index contributed by atoms with van der Waals surface area (Å²) in [7, 11) is 0. The van der Waals surface area contributed by atoms with Crippen LogP contribution >= 0.6 is 38.5 Å². The van der Waals surface area contributed by atoms with Crippen molar-refractivity contribution in [3.63, 3.8) is 0 Å². The topological polar surface area (TPSA) is 0 Å². The Morgan fingerprint density at radius 2 is 2.10 bits per heavy atom. The number of halogens is 2. The van der Waals surface area contributed by atoms with Crippen LogP contribution in [0.15, 0.2) is 18.2 Å². The summed E-state index contributed by atoms with van der Waals surface area (Å²) in [6, 6.07) is 6.55. The van der Waals surface area contributed by atoms with Gasteiger partial charge in [-0.3, -0.25) is 0 Å². The number of benzene rings is 1. The van der Waals surface area contributed by atoms with E-state index in [0.717, 1.165) is 5.33 Å². The van der Waals surface area contributed by atoms with Gasteiger partial charge in [-0.25, -0.2) is 0 Å². The smallest absolute Gasteiger partial charge is 0.0283 e. The third-order valence-electron chi connectivity index (χ3n) is 1.26. The fraction of sp³-hybridized carbons (Fsp3) is 0.250. The fourth-order valence-corrected chi connectivity index (χ4v) is 2.10. The van der Waals surface area contributed by atoms with Gasteiger partial charge < -0.3 is 0 Å². The summed E-state index contributed by atoms with van der Waals surface area (Å²) in [6.45, 7) is 2.12. The highest BCUT2D eigenvalue weighted by molar-refractivity contribution is 14.1. The molecule has 1 aromatic carbocycles. The predicted octanol–water partition coefficient (Wildman–Crippen LogP) is 3.49. The van der Waals surface area contributed by atoms with Crippen LogP contribution in [0.2, 0.25) is 0 Å². The molecule has 0 heterocycles. The highest BCUT2D eigenvalue weighted by Gasteiger charge is 1.93. The number of alkyl halides is 1. The average Bonchev–Trinajstić information content (AvgIpc) is 1.85. The summed E-state index contributed by atoms with van der Waals surface area (Å²) in [4.78, 5) is 0. The minimum Gasteiger partial charge on any atom is -0.0876 e. The first-order chi connectivity index (χ1) is 4.72. The van der Waals surface area contributed by atoms with Crippen molar-refractivity contribution in [3.05, 3.63) is 32.9 Å². The maximum Gasteiger partial charge on any atom is 0.0283 e. The van der Waals surface area contributed by atoms with Gasteiger partial charge in [0.15, 0.2) is 0 Å². The van der Waals surface area contributed by atoms with E-state index in [2.05, 4.69) is 63.6 Å². The van der Waals surface area contributed by atoms with Crippen LogP contribution in [0, 0.1) is 10.5 Å². The molecule has 0 saturated carbocycles. The highest BCUT2D eigenvalue weighted by atomic mass is 127. The molecule has 0 aliphatic heterocycles. The van der Waals surface area contributed by atoms with Gasteiger partial charge in [0.25, 0.3) is 0 Å². The van der Waals surface area contributed by atoms with Crippen molar-refractivity contribution in [3.8, 4) is 0 Å². The molecule has 0 radical (unpaired) electrons. The van der Waals surface area contributed by atoms with Crippen LogP contribution in [-0.2, 0) is 5.33 Å². The molecule has 0 nitrogen and oxygen atoms in total. The number of hydrogen-bond acceptors (Lipinski definition) is 0. The Hall–Kier alpha value is 0.430.